The van der Waals surface area contributed by atoms with E-state index in [9.17, 15) is 13.2 Å². The lowest BCUT2D eigenvalue weighted by molar-refractivity contribution is -0.137. The molecular weight excluding hydrogens is 681 g/mol. The van der Waals surface area contributed by atoms with Crippen molar-refractivity contribution >= 4 is 92.9 Å². The van der Waals surface area contributed by atoms with Crippen LogP contribution >= 0.6 is 63.7 Å². The van der Waals surface area contributed by atoms with E-state index < -0.39 is 11.7 Å². The summed E-state index contributed by atoms with van der Waals surface area (Å²) in [5, 5.41) is 3.10. The van der Waals surface area contributed by atoms with Crippen molar-refractivity contribution in [3.8, 4) is 0 Å². The van der Waals surface area contributed by atoms with Crippen LogP contribution in [-0.2, 0) is 6.18 Å². The number of alkyl halides is 3. The molecule has 0 bridgehead atoms. The van der Waals surface area contributed by atoms with Gasteiger partial charge >= 0.3 is 6.18 Å². The van der Waals surface area contributed by atoms with Crippen LogP contribution in [-0.4, -0.2) is 0 Å². The minimum Gasteiger partial charge on any atom is -0.398 e. The van der Waals surface area contributed by atoms with E-state index in [-0.39, 0.29) is 0 Å². The fourth-order valence-corrected chi connectivity index (χ4v) is 3.50. The minimum atomic E-state index is -4.32. The van der Waals surface area contributed by atoms with Gasteiger partial charge in [0.1, 0.15) is 0 Å². The maximum atomic E-state index is 12.5. The van der Waals surface area contributed by atoms with Gasteiger partial charge in [-0.05, 0) is 123 Å². The standard InChI is InChI=1S/C15H10Br2F3N.C8H7Br2N/c16-14(17)9-10-3-1-2-4-13(10)21-12-7-5-11(6-8-12)15(18,19)20;9-8(10)5-6-3-1-2-4-7(6)11/h1-9,21H;1-5H,11H2. The largest absolute Gasteiger partial charge is 0.416 e. The molecule has 0 unspecified atom stereocenters. The van der Waals surface area contributed by atoms with E-state index >= 15 is 0 Å². The molecule has 0 saturated carbocycles. The molecule has 0 aromatic heterocycles. The van der Waals surface area contributed by atoms with Crippen LogP contribution in [0.25, 0.3) is 12.2 Å². The molecule has 0 aliphatic rings. The highest BCUT2D eigenvalue weighted by Crippen LogP contribution is 2.31. The van der Waals surface area contributed by atoms with E-state index in [4.69, 9.17) is 5.73 Å². The summed E-state index contributed by atoms with van der Waals surface area (Å²) in [5.41, 5.74) is 9.11. The minimum absolute atomic E-state index is 0.592. The van der Waals surface area contributed by atoms with Crippen LogP contribution < -0.4 is 11.1 Å². The Kier molecular flexibility index (Phi) is 10.5. The van der Waals surface area contributed by atoms with Crippen molar-refractivity contribution in [3.63, 3.8) is 0 Å². The monoisotopic (exact) mass is 694 g/mol. The van der Waals surface area contributed by atoms with Gasteiger partial charge in [-0.15, -0.1) is 0 Å². The Balaban J connectivity index is 0.000000278. The van der Waals surface area contributed by atoms with E-state index in [1.807, 2.05) is 60.7 Å². The number of para-hydroxylation sites is 2. The first-order chi connectivity index (χ1) is 15.1. The number of hydrogen-bond donors (Lipinski definition) is 2. The van der Waals surface area contributed by atoms with Gasteiger partial charge in [0, 0.05) is 17.1 Å². The molecule has 3 aromatic rings. The highest BCUT2D eigenvalue weighted by Gasteiger charge is 2.29. The Morgan fingerprint density at radius 3 is 1.75 bits per heavy atom. The SMILES string of the molecule is FC(F)(F)c1ccc(Nc2ccccc2C=C(Br)Br)cc1.Nc1ccccc1C=C(Br)Br. The molecule has 3 N–H and O–H groups in total. The maximum absolute atomic E-state index is 12.5. The fraction of sp³-hybridized carbons (Fsp3) is 0.0435. The third-order valence-corrected chi connectivity index (χ3v) is 4.89. The molecule has 0 aliphatic heterocycles. The topological polar surface area (TPSA) is 38.0 Å². The zero-order valence-electron chi connectivity index (χ0n) is 16.3. The predicted molar refractivity (Wildman–Crippen MR) is 144 cm³/mol. The van der Waals surface area contributed by atoms with Gasteiger partial charge in [0.2, 0.25) is 0 Å². The second-order valence-corrected chi connectivity index (χ2v) is 11.8. The van der Waals surface area contributed by atoms with Crippen molar-refractivity contribution in [2.75, 3.05) is 11.1 Å². The van der Waals surface area contributed by atoms with Gasteiger partial charge in [-0.1, -0.05) is 36.4 Å². The Morgan fingerprint density at radius 1 is 0.719 bits per heavy atom. The van der Waals surface area contributed by atoms with Crippen molar-refractivity contribution in [2.45, 2.75) is 6.18 Å². The number of nitrogens with one attached hydrogen (secondary N) is 1. The first-order valence-electron chi connectivity index (χ1n) is 8.99. The molecule has 0 spiro atoms. The summed E-state index contributed by atoms with van der Waals surface area (Å²) in [4.78, 5) is 0. The third-order valence-electron chi connectivity index (χ3n) is 3.98. The van der Waals surface area contributed by atoms with E-state index in [2.05, 4.69) is 69.0 Å². The van der Waals surface area contributed by atoms with Crippen LogP contribution in [0.3, 0.4) is 0 Å². The molecule has 9 heteroatoms. The van der Waals surface area contributed by atoms with E-state index in [1.54, 1.807) is 0 Å². The molecule has 0 aliphatic carbocycles. The van der Waals surface area contributed by atoms with Gasteiger partial charge in [0.15, 0.2) is 0 Å². The number of anilines is 3. The van der Waals surface area contributed by atoms with Crippen LogP contribution in [0.15, 0.2) is 79.6 Å². The molecule has 2 nitrogen and oxygen atoms in total. The van der Waals surface area contributed by atoms with Crippen LogP contribution in [0.4, 0.5) is 30.2 Å². The Hall–Kier alpha value is -1.55. The van der Waals surface area contributed by atoms with Gasteiger partial charge in [0.05, 0.1) is 12.3 Å². The summed E-state index contributed by atoms with van der Waals surface area (Å²) >= 11 is 13.1. The Bertz CT molecular complexity index is 1090. The summed E-state index contributed by atoms with van der Waals surface area (Å²) in [6.45, 7) is 0. The lowest BCUT2D eigenvalue weighted by Crippen LogP contribution is -2.04. The molecule has 0 radical (unpaired) electrons. The third kappa shape index (κ3) is 9.13. The van der Waals surface area contributed by atoms with E-state index in [0.29, 0.717) is 5.69 Å². The van der Waals surface area contributed by atoms with Gasteiger partial charge in [-0.25, -0.2) is 0 Å². The molecule has 32 heavy (non-hydrogen) atoms. The summed E-state index contributed by atoms with van der Waals surface area (Å²) in [5.74, 6) is 0. The highest BCUT2D eigenvalue weighted by atomic mass is 79.9. The second-order valence-electron chi connectivity index (χ2n) is 6.28. The van der Waals surface area contributed by atoms with Crippen molar-refractivity contribution in [3.05, 3.63) is 96.3 Å². The van der Waals surface area contributed by atoms with Crippen molar-refractivity contribution in [1.29, 1.82) is 0 Å². The molecule has 0 fully saturated rings. The Morgan fingerprint density at radius 2 is 1.22 bits per heavy atom. The quantitative estimate of drug-likeness (QED) is 0.267. The summed E-state index contributed by atoms with van der Waals surface area (Å²) in [7, 11) is 0. The number of nitrogen functional groups attached to an aromatic ring is 1. The Labute approximate surface area is 218 Å². The number of halogens is 7. The van der Waals surface area contributed by atoms with Gasteiger partial charge in [0.25, 0.3) is 0 Å². The predicted octanol–water partition coefficient (Wildman–Crippen LogP) is 9.89. The number of benzene rings is 3. The number of nitrogens with two attached hydrogens (primary N) is 1. The number of hydrogen-bond acceptors (Lipinski definition) is 2. The lowest BCUT2D eigenvalue weighted by Gasteiger charge is -2.11. The first-order valence-corrected chi connectivity index (χ1v) is 12.2. The lowest BCUT2D eigenvalue weighted by atomic mass is 10.1. The van der Waals surface area contributed by atoms with Gasteiger partial charge in [-0.2, -0.15) is 13.2 Å². The summed E-state index contributed by atoms with van der Waals surface area (Å²) in [6, 6.07) is 20.1. The van der Waals surface area contributed by atoms with Crippen molar-refractivity contribution < 1.29 is 13.2 Å². The maximum Gasteiger partial charge on any atom is 0.416 e. The number of rotatable bonds is 4. The first kappa shape index (κ1) is 26.7. The van der Waals surface area contributed by atoms with Crippen LogP contribution in [0, 0.1) is 0 Å². The van der Waals surface area contributed by atoms with Crippen molar-refractivity contribution in [1.82, 2.24) is 0 Å². The van der Waals surface area contributed by atoms with E-state index in [1.165, 1.54) is 12.1 Å². The normalized spacial score (nSPS) is 10.5. The summed E-state index contributed by atoms with van der Waals surface area (Å²) < 4.78 is 39.2. The van der Waals surface area contributed by atoms with E-state index in [0.717, 1.165) is 41.4 Å². The molecule has 0 heterocycles. The smallest absolute Gasteiger partial charge is 0.398 e. The molecule has 3 aromatic carbocycles. The molecule has 3 rings (SSSR count). The zero-order chi connectivity index (χ0) is 23.7. The molecule has 0 atom stereocenters. The van der Waals surface area contributed by atoms with Crippen LogP contribution in [0.2, 0.25) is 0 Å². The average molecular weight is 698 g/mol. The highest BCUT2D eigenvalue weighted by molar-refractivity contribution is 9.28. The van der Waals surface area contributed by atoms with Crippen LogP contribution in [0.5, 0.6) is 0 Å². The summed E-state index contributed by atoms with van der Waals surface area (Å²) in [6.07, 6.45) is -0.554. The zero-order valence-corrected chi connectivity index (χ0v) is 22.6. The molecule has 168 valence electrons. The molecule has 0 saturated heterocycles. The van der Waals surface area contributed by atoms with Gasteiger partial charge < -0.3 is 11.1 Å². The second kappa shape index (κ2) is 12.6. The molecule has 0 amide bonds. The van der Waals surface area contributed by atoms with Gasteiger partial charge in [-0.3, -0.25) is 0 Å². The molecular formula is C23H17Br4F3N2. The van der Waals surface area contributed by atoms with Crippen LogP contribution in [0.1, 0.15) is 16.7 Å². The fourth-order valence-electron chi connectivity index (χ4n) is 2.51. The average Bonchev–Trinajstić information content (AvgIpc) is 2.71. The van der Waals surface area contributed by atoms with Crippen molar-refractivity contribution in [2.24, 2.45) is 0 Å².